The summed E-state index contributed by atoms with van der Waals surface area (Å²) in [5, 5.41) is 0. The molecule has 0 aromatic rings. The van der Waals surface area contributed by atoms with Crippen molar-refractivity contribution in [3.8, 4) is 0 Å². The van der Waals surface area contributed by atoms with Gasteiger partial charge < -0.3 is 5.73 Å². The zero-order valence-electron chi connectivity index (χ0n) is 3.46. The van der Waals surface area contributed by atoms with Crippen molar-refractivity contribution in [2.24, 2.45) is 17.6 Å². The molecule has 1 fully saturated rings. The lowest BCUT2D eigenvalue weighted by Crippen LogP contribution is -1.99. The first kappa shape index (κ1) is 2.80. The molecule has 32 valence electrons. The van der Waals surface area contributed by atoms with Crippen molar-refractivity contribution in [1.29, 1.82) is 0 Å². The molecule has 2 aliphatic carbocycles. The summed E-state index contributed by atoms with van der Waals surface area (Å²) >= 11 is 0. The number of hydrogen-bond donors (Lipinski definition) is 1. The molecule has 0 heterocycles. The number of fused-ring (bicyclic) bond motifs is 1. The third kappa shape index (κ3) is 0.125. The summed E-state index contributed by atoms with van der Waals surface area (Å²) < 4.78 is 0. The lowest BCUT2D eigenvalue weighted by atomic mass is 10.1. The van der Waals surface area contributed by atoms with E-state index in [4.69, 9.17) is 5.73 Å². The molecular weight excluding hydrogens is 74.1 g/mol. The Morgan fingerprint density at radius 1 is 1.17 bits per heavy atom. The van der Waals surface area contributed by atoms with Gasteiger partial charge in [0, 0.05) is 17.9 Å². The van der Waals surface area contributed by atoms with E-state index in [1.54, 1.807) is 0 Å². The lowest BCUT2D eigenvalue weighted by Gasteiger charge is -1.90. The van der Waals surface area contributed by atoms with Crippen molar-refractivity contribution in [1.82, 2.24) is 0 Å². The number of rotatable bonds is 0. The second kappa shape index (κ2) is 0.562. The Labute approximate surface area is 36.8 Å². The Morgan fingerprint density at radius 3 is 1.67 bits per heavy atom. The molecular formula is C5H7N. The molecule has 0 aromatic carbocycles. The first-order valence-corrected chi connectivity index (χ1v) is 2.33. The fourth-order valence-electron chi connectivity index (χ4n) is 1.01. The van der Waals surface area contributed by atoms with Gasteiger partial charge in [-0.2, -0.15) is 0 Å². The van der Waals surface area contributed by atoms with Crippen LogP contribution in [0.15, 0.2) is 12.2 Å². The van der Waals surface area contributed by atoms with E-state index < -0.39 is 0 Å². The van der Waals surface area contributed by atoms with Gasteiger partial charge in [-0.3, -0.25) is 0 Å². The maximum Gasteiger partial charge on any atom is 0.0178 e. The van der Waals surface area contributed by atoms with Crippen LogP contribution in [0.4, 0.5) is 0 Å². The molecule has 1 nitrogen and oxygen atoms in total. The van der Waals surface area contributed by atoms with Crippen molar-refractivity contribution in [2.45, 2.75) is 6.04 Å². The Morgan fingerprint density at radius 2 is 1.67 bits per heavy atom. The van der Waals surface area contributed by atoms with Crippen LogP contribution in [0.2, 0.25) is 0 Å². The molecule has 2 N–H and O–H groups in total. The largest absolute Gasteiger partial charge is 0.327 e. The van der Waals surface area contributed by atoms with Gasteiger partial charge in [0.15, 0.2) is 0 Å². The van der Waals surface area contributed by atoms with Gasteiger partial charge in [0.25, 0.3) is 0 Å². The highest BCUT2D eigenvalue weighted by molar-refractivity contribution is 5.28. The summed E-state index contributed by atoms with van der Waals surface area (Å²) in [6.45, 7) is 0. The van der Waals surface area contributed by atoms with E-state index in [2.05, 4.69) is 12.2 Å². The molecule has 2 unspecified atom stereocenters. The van der Waals surface area contributed by atoms with Crippen molar-refractivity contribution in [3.63, 3.8) is 0 Å². The van der Waals surface area contributed by atoms with Gasteiger partial charge in [-0.15, -0.1) is 0 Å². The van der Waals surface area contributed by atoms with Crippen LogP contribution in [0.25, 0.3) is 0 Å². The van der Waals surface area contributed by atoms with E-state index in [1.165, 1.54) is 0 Å². The molecule has 6 heavy (non-hydrogen) atoms. The summed E-state index contributed by atoms with van der Waals surface area (Å²) in [5.41, 5.74) is 5.51. The van der Waals surface area contributed by atoms with Crippen molar-refractivity contribution >= 4 is 0 Å². The van der Waals surface area contributed by atoms with Crippen LogP contribution in [0, 0.1) is 11.8 Å². The Kier molecular flexibility index (Phi) is 0.263. The van der Waals surface area contributed by atoms with Crippen molar-refractivity contribution < 1.29 is 0 Å². The summed E-state index contributed by atoms with van der Waals surface area (Å²) in [6.07, 6.45) is 4.38. The van der Waals surface area contributed by atoms with E-state index in [0.29, 0.717) is 6.04 Å². The minimum Gasteiger partial charge on any atom is -0.327 e. The highest BCUT2D eigenvalue weighted by atomic mass is 14.8. The van der Waals surface area contributed by atoms with E-state index >= 15 is 0 Å². The molecule has 2 rings (SSSR count). The lowest BCUT2D eigenvalue weighted by molar-refractivity contribution is 0.907. The number of nitrogens with two attached hydrogens (primary N) is 1. The van der Waals surface area contributed by atoms with Crippen LogP contribution >= 0.6 is 0 Å². The van der Waals surface area contributed by atoms with Crippen LogP contribution < -0.4 is 5.73 Å². The fourth-order valence-corrected chi connectivity index (χ4v) is 1.01. The molecule has 0 aromatic heterocycles. The SMILES string of the molecule is NC1C2C=CC12. The Balaban J connectivity index is 2.26. The molecule has 2 atom stereocenters. The number of hydrogen-bond acceptors (Lipinski definition) is 1. The van der Waals surface area contributed by atoms with Crippen molar-refractivity contribution in [3.05, 3.63) is 12.2 Å². The van der Waals surface area contributed by atoms with Gasteiger partial charge in [-0.25, -0.2) is 0 Å². The molecule has 0 saturated heterocycles. The quantitative estimate of drug-likeness (QED) is 0.412. The second-order valence-electron chi connectivity index (χ2n) is 2.12. The van der Waals surface area contributed by atoms with Gasteiger partial charge in [-0.05, 0) is 0 Å². The molecule has 1 saturated carbocycles. The summed E-state index contributed by atoms with van der Waals surface area (Å²) in [4.78, 5) is 0. The maximum absolute atomic E-state index is 5.51. The third-order valence-electron chi connectivity index (χ3n) is 1.75. The van der Waals surface area contributed by atoms with E-state index in [0.717, 1.165) is 11.8 Å². The van der Waals surface area contributed by atoms with E-state index in [-0.39, 0.29) is 0 Å². The van der Waals surface area contributed by atoms with Gasteiger partial charge >= 0.3 is 0 Å². The van der Waals surface area contributed by atoms with Gasteiger partial charge in [0.05, 0.1) is 0 Å². The normalized spacial score (nSPS) is 59.8. The predicted octanol–water partition coefficient (Wildman–Crippen LogP) is 0.130. The Hall–Kier alpha value is -0.300. The Bertz CT molecular complexity index is 94.5. The molecule has 0 bridgehead atoms. The average molecular weight is 81.1 g/mol. The first-order valence-electron chi connectivity index (χ1n) is 2.33. The summed E-state index contributed by atoms with van der Waals surface area (Å²) in [6, 6.07) is 0.519. The zero-order valence-corrected chi connectivity index (χ0v) is 3.46. The summed E-state index contributed by atoms with van der Waals surface area (Å²) in [5.74, 6) is 1.59. The molecule has 0 aliphatic heterocycles. The van der Waals surface area contributed by atoms with E-state index in [1.807, 2.05) is 0 Å². The molecule has 0 spiro atoms. The van der Waals surface area contributed by atoms with Crippen LogP contribution in [-0.4, -0.2) is 6.04 Å². The van der Waals surface area contributed by atoms with Gasteiger partial charge in [0.1, 0.15) is 0 Å². The highest BCUT2D eigenvalue weighted by Crippen LogP contribution is 2.47. The molecule has 0 radical (unpaired) electrons. The van der Waals surface area contributed by atoms with Crippen LogP contribution in [0.5, 0.6) is 0 Å². The fraction of sp³-hybridized carbons (Fsp3) is 0.600. The topological polar surface area (TPSA) is 26.0 Å². The minimum absolute atomic E-state index is 0.519. The standard InChI is InChI=1S/C5H7N/c6-5-3-1-2-4(3)5/h1-5H,6H2. The molecule has 2 aliphatic rings. The van der Waals surface area contributed by atoms with Crippen LogP contribution in [0.1, 0.15) is 0 Å². The maximum atomic E-state index is 5.51. The second-order valence-corrected chi connectivity index (χ2v) is 2.12. The smallest absolute Gasteiger partial charge is 0.0178 e. The highest BCUT2D eigenvalue weighted by Gasteiger charge is 2.49. The predicted molar refractivity (Wildman–Crippen MR) is 24.1 cm³/mol. The van der Waals surface area contributed by atoms with Gasteiger partial charge in [0.2, 0.25) is 0 Å². The van der Waals surface area contributed by atoms with Gasteiger partial charge in [-0.1, -0.05) is 12.2 Å². The molecule has 1 heteroatoms. The minimum atomic E-state index is 0.519. The zero-order chi connectivity index (χ0) is 4.15. The third-order valence-corrected chi connectivity index (χ3v) is 1.75. The summed E-state index contributed by atoms with van der Waals surface area (Å²) in [7, 11) is 0. The molecule has 0 amide bonds. The average Bonchev–Trinajstić information content (AvgIpc) is 1.63. The van der Waals surface area contributed by atoms with Crippen LogP contribution in [0.3, 0.4) is 0 Å². The van der Waals surface area contributed by atoms with Crippen LogP contribution in [-0.2, 0) is 0 Å². The van der Waals surface area contributed by atoms with E-state index in [9.17, 15) is 0 Å². The monoisotopic (exact) mass is 81.1 g/mol. The van der Waals surface area contributed by atoms with Crippen molar-refractivity contribution in [2.75, 3.05) is 0 Å². The first-order chi connectivity index (χ1) is 2.89.